The minimum Gasteiger partial charge on any atom is -0.312 e. The highest BCUT2D eigenvalue weighted by atomic mass is 32.1. The van der Waals surface area contributed by atoms with Gasteiger partial charge in [-0.1, -0.05) is 0 Å². The molecule has 0 bridgehead atoms. The van der Waals surface area contributed by atoms with E-state index < -0.39 is 0 Å². The first-order valence-electron chi connectivity index (χ1n) is 5.32. The third-order valence-electron chi connectivity index (χ3n) is 2.67. The normalized spacial score (nSPS) is 13.0. The summed E-state index contributed by atoms with van der Waals surface area (Å²) in [6, 6.07) is 2.55. The topological polar surface area (TPSA) is 24.9 Å². The van der Waals surface area contributed by atoms with Crippen LogP contribution in [0.3, 0.4) is 0 Å². The van der Waals surface area contributed by atoms with Crippen LogP contribution in [0.2, 0.25) is 0 Å². The lowest BCUT2D eigenvalue weighted by molar-refractivity contribution is 0.637. The van der Waals surface area contributed by atoms with Crippen LogP contribution in [0.4, 0.5) is 0 Å². The average molecular weight is 252 g/mol. The van der Waals surface area contributed by atoms with Crippen LogP contribution in [0.5, 0.6) is 0 Å². The summed E-state index contributed by atoms with van der Waals surface area (Å²) in [6.07, 6.45) is 0. The number of rotatable bonds is 3. The van der Waals surface area contributed by atoms with Crippen molar-refractivity contribution in [3.8, 4) is 10.6 Å². The van der Waals surface area contributed by atoms with Crippen molar-refractivity contribution in [1.29, 1.82) is 0 Å². The van der Waals surface area contributed by atoms with Crippen molar-refractivity contribution in [2.75, 3.05) is 7.05 Å². The van der Waals surface area contributed by atoms with Gasteiger partial charge in [0.25, 0.3) is 0 Å². The molecular weight excluding hydrogens is 236 g/mol. The predicted octanol–water partition coefficient (Wildman–Crippen LogP) is 3.77. The van der Waals surface area contributed by atoms with Crippen molar-refractivity contribution in [3.63, 3.8) is 0 Å². The molecule has 1 unspecified atom stereocenters. The Labute approximate surface area is 104 Å². The van der Waals surface area contributed by atoms with E-state index >= 15 is 0 Å². The summed E-state index contributed by atoms with van der Waals surface area (Å²) >= 11 is 3.57. The summed E-state index contributed by atoms with van der Waals surface area (Å²) in [6.45, 7) is 6.44. The zero-order valence-electron chi connectivity index (χ0n) is 10.00. The number of thiazole rings is 1. The molecule has 0 saturated heterocycles. The van der Waals surface area contributed by atoms with Crippen molar-refractivity contribution >= 4 is 22.7 Å². The average Bonchev–Trinajstić information content (AvgIpc) is 2.83. The number of nitrogens with one attached hydrogen (secondary N) is 1. The van der Waals surface area contributed by atoms with Crippen LogP contribution in [-0.4, -0.2) is 12.0 Å². The molecular formula is C12H16N2S2. The van der Waals surface area contributed by atoms with E-state index in [-0.39, 0.29) is 0 Å². The van der Waals surface area contributed by atoms with Gasteiger partial charge in [-0.25, -0.2) is 4.98 Å². The van der Waals surface area contributed by atoms with E-state index in [0.717, 1.165) is 10.7 Å². The number of thiophene rings is 1. The molecule has 1 atom stereocenters. The lowest BCUT2D eigenvalue weighted by atomic mass is 10.2. The van der Waals surface area contributed by atoms with Crippen LogP contribution in [0.15, 0.2) is 11.4 Å². The molecule has 0 aliphatic rings. The number of hydrogen-bond donors (Lipinski definition) is 1. The van der Waals surface area contributed by atoms with E-state index in [1.54, 1.807) is 11.3 Å². The van der Waals surface area contributed by atoms with Crippen LogP contribution >= 0.6 is 22.7 Å². The van der Waals surface area contributed by atoms with E-state index in [0.29, 0.717) is 6.04 Å². The van der Waals surface area contributed by atoms with E-state index in [1.807, 2.05) is 18.4 Å². The maximum atomic E-state index is 4.69. The van der Waals surface area contributed by atoms with Gasteiger partial charge in [0.15, 0.2) is 0 Å². The summed E-state index contributed by atoms with van der Waals surface area (Å²) in [5.41, 5.74) is 2.42. The molecule has 2 aromatic rings. The van der Waals surface area contributed by atoms with E-state index in [4.69, 9.17) is 0 Å². The van der Waals surface area contributed by atoms with Gasteiger partial charge in [-0.05, 0) is 33.9 Å². The first-order chi connectivity index (χ1) is 7.61. The largest absolute Gasteiger partial charge is 0.312 e. The Morgan fingerprint density at radius 2 is 2.12 bits per heavy atom. The van der Waals surface area contributed by atoms with Gasteiger partial charge in [0.1, 0.15) is 5.01 Å². The first kappa shape index (κ1) is 11.8. The Kier molecular flexibility index (Phi) is 3.42. The molecule has 0 aliphatic heterocycles. The number of nitrogens with zero attached hydrogens (tertiary/aromatic N) is 1. The number of hydrogen-bond acceptors (Lipinski definition) is 4. The van der Waals surface area contributed by atoms with Crippen molar-refractivity contribution in [2.24, 2.45) is 0 Å². The molecule has 0 spiro atoms. The van der Waals surface area contributed by atoms with Crippen molar-refractivity contribution < 1.29 is 0 Å². The van der Waals surface area contributed by atoms with Gasteiger partial charge in [0.2, 0.25) is 0 Å². The van der Waals surface area contributed by atoms with Gasteiger partial charge in [-0.2, -0.15) is 0 Å². The molecule has 4 heteroatoms. The SMILES string of the molecule is CNC(C)c1csc(-c2cc(C)sc2C)n1. The second kappa shape index (κ2) is 4.65. The highest BCUT2D eigenvalue weighted by Gasteiger charge is 2.12. The molecule has 0 aliphatic carbocycles. The molecule has 2 nitrogen and oxygen atoms in total. The molecule has 2 heterocycles. The fourth-order valence-electron chi connectivity index (χ4n) is 1.60. The molecule has 16 heavy (non-hydrogen) atoms. The lowest BCUT2D eigenvalue weighted by Crippen LogP contribution is -2.12. The van der Waals surface area contributed by atoms with E-state index in [1.165, 1.54) is 15.3 Å². The van der Waals surface area contributed by atoms with Gasteiger partial charge in [0.05, 0.1) is 5.69 Å². The quantitative estimate of drug-likeness (QED) is 0.899. The highest BCUT2D eigenvalue weighted by Crippen LogP contribution is 2.33. The second-order valence-electron chi connectivity index (χ2n) is 3.91. The Bertz CT molecular complexity index is 485. The zero-order chi connectivity index (χ0) is 11.7. The van der Waals surface area contributed by atoms with E-state index in [2.05, 4.69) is 42.5 Å². The highest BCUT2D eigenvalue weighted by molar-refractivity contribution is 7.15. The number of aromatic nitrogens is 1. The van der Waals surface area contributed by atoms with Gasteiger partial charge in [-0.15, -0.1) is 22.7 Å². The molecule has 0 fully saturated rings. The molecule has 2 rings (SSSR count). The third-order valence-corrected chi connectivity index (χ3v) is 4.53. The fourth-order valence-corrected chi connectivity index (χ4v) is 3.58. The van der Waals surface area contributed by atoms with Gasteiger partial charge in [-0.3, -0.25) is 0 Å². The van der Waals surface area contributed by atoms with Crippen LogP contribution in [0.1, 0.15) is 28.4 Å². The molecule has 0 amide bonds. The summed E-state index contributed by atoms with van der Waals surface area (Å²) in [7, 11) is 1.96. The Morgan fingerprint density at radius 3 is 2.69 bits per heavy atom. The summed E-state index contributed by atoms with van der Waals surface area (Å²) in [5.74, 6) is 0. The monoisotopic (exact) mass is 252 g/mol. The van der Waals surface area contributed by atoms with Gasteiger partial charge < -0.3 is 5.32 Å². The molecule has 86 valence electrons. The zero-order valence-corrected chi connectivity index (χ0v) is 11.6. The Morgan fingerprint density at radius 1 is 1.38 bits per heavy atom. The van der Waals surface area contributed by atoms with Crippen molar-refractivity contribution in [3.05, 3.63) is 26.9 Å². The lowest BCUT2D eigenvalue weighted by Gasteiger charge is -2.04. The predicted molar refractivity (Wildman–Crippen MR) is 72.4 cm³/mol. The smallest absolute Gasteiger partial charge is 0.124 e. The summed E-state index contributed by atoms with van der Waals surface area (Å²) < 4.78 is 0. The second-order valence-corrected chi connectivity index (χ2v) is 6.23. The first-order valence-corrected chi connectivity index (χ1v) is 7.01. The molecule has 0 radical (unpaired) electrons. The molecule has 2 aromatic heterocycles. The van der Waals surface area contributed by atoms with Gasteiger partial charge >= 0.3 is 0 Å². The third kappa shape index (κ3) is 2.19. The standard InChI is InChI=1S/C12H16N2S2/c1-7-5-10(9(3)16-7)12-14-11(6-15-12)8(2)13-4/h5-6,8,13H,1-4H3. The van der Waals surface area contributed by atoms with Crippen LogP contribution < -0.4 is 5.32 Å². The van der Waals surface area contributed by atoms with Crippen LogP contribution in [-0.2, 0) is 0 Å². The Hall–Kier alpha value is -0.710. The maximum absolute atomic E-state index is 4.69. The van der Waals surface area contributed by atoms with E-state index in [9.17, 15) is 0 Å². The maximum Gasteiger partial charge on any atom is 0.124 e. The van der Waals surface area contributed by atoms with Crippen molar-refractivity contribution in [2.45, 2.75) is 26.8 Å². The number of aryl methyl sites for hydroxylation is 2. The summed E-state index contributed by atoms with van der Waals surface area (Å²) in [4.78, 5) is 7.40. The minimum absolute atomic E-state index is 0.324. The molecule has 0 aromatic carbocycles. The molecule has 0 saturated carbocycles. The fraction of sp³-hybridized carbons (Fsp3) is 0.417. The van der Waals surface area contributed by atoms with Crippen LogP contribution in [0.25, 0.3) is 10.6 Å². The summed E-state index contributed by atoms with van der Waals surface area (Å²) in [5, 5.41) is 6.49. The molecule has 1 N–H and O–H groups in total. The van der Waals surface area contributed by atoms with Crippen LogP contribution in [0, 0.1) is 13.8 Å². The minimum atomic E-state index is 0.324. The Balaban J connectivity index is 2.35. The van der Waals surface area contributed by atoms with Gasteiger partial charge in [0, 0.05) is 26.7 Å². The van der Waals surface area contributed by atoms with Crippen molar-refractivity contribution in [1.82, 2.24) is 10.3 Å².